The van der Waals surface area contributed by atoms with Crippen LogP contribution in [0.15, 0.2) is 11.1 Å². The Morgan fingerprint density at radius 2 is 1.39 bits per heavy atom. The van der Waals surface area contributed by atoms with Crippen molar-refractivity contribution in [3.63, 3.8) is 0 Å². The summed E-state index contributed by atoms with van der Waals surface area (Å²) in [5.74, 6) is -0.685. The summed E-state index contributed by atoms with van der Waals surface area (Å²) in [6.07, 6.45) is -12.4. The average Bonchev–Trinajstić information content (AvgIpc) is 3.54. The maximum absolute atomic E-state index is 13.5. The normalized spacial score (nSPS) is 48.4. The van der Waals surface area contributed by atoms with E-state index in [1.54, 1.807) is 6.92 Å². The summed E-state index contributed by atoms with van der Waals surface area (Å²) in [6, 6.07) is 0. The van der Waals surface area contributed by atoms with Crippen LogP contribution in [0.3, 0.4) is 0 Å². The van der Waals surface area contributed by atoms with Gasteiger partial charge in [0.25, 0.3) is 0 Å². The first kappa shape index (κ1) is 45.2. The van der Waals surface area contributed by atoms with Gasteiger partial charge in [-0.2, -0.15) is 0 Å². The van der Waals surface area contributed by atoms with Crippen LogP contribution in [0.5, 0.6) is 0 Å². The zero-order chi connectivity index (χ0) is 42.1. The van der Waals surface area contributed by atoms with Crippen molar-refractivity contribution >= 4 is 5.97 Å². The molecule has 0 radical (unpaired) electrons. The number of allylic oxidation sites excluding steroid dienone is 2. The van der Waals surface area contributed by atoms with Crippen LogP contribution in [0.1, 0.15) is 99.8 Å². The lowest BCUT2D eigenvalue weighted by Gasteiger charge is -2.60. The Morgan fingerprint density at radius 1 is 0.772 bits per heavy atom. The van der Waals surface area contributed by atoms with Crippen LogP contribution < -0.4 is 0 Å². The number of aliphatic carboxylic acids is 1. The van der Waals surface area contributed by atoms with Crippen molar-refractivity contribution in [1.29, 1.82) is 0 Å². The summed E-state index contributed by atoms with van der Waals surface area (Å²) in [7, 11) is 0. The second kappa shape index (κ2) is 16.9. The zero-order valence-corrected chi connectivity index (χ0v) is 34.6. The fraction of sp³-hybridized carbons (Fsp3) is 0.929. The van der Waals surface area contributed by atoms with Gasteiger partial charge < -0.3 is 70.0 Å². The number of fused-ring (bicyclic) bond motifs is 4. The van der Waals surface area contributed by atoms with Gasteiger partial charge in [-0.05, 0) is 105 Å². The summed E-state index contributed by atoms with van der Waals surface area (Å²) in [5.41, 5.74) is 0.867. The van der Waals surface area contributed by atoms with Gasteiger partial charge in [0.1, 0.15) is 48.8 Å². The molecule has 57 heavy (non-hydrogen) atoms. The Balaban J connectivity index is 1.18. The molecule has 0 aromatic carbocycles. The topological polar surface area (TPSA) is 256 Å². The Morgan fingerprint density at radius 3 is 2.00 bits per heavy atom. The molecule has 15 heteroatoms. The van der Waals surface area contributed by atoms with Crippen molar-refractivity contribution in [3.8, 4) is 0 Å². The Bertz CT molecular complexity index is 1460. The van der Waals surface area contributed by atoms with Crippen molar-refractivity contribution in [2.75, 3.05) is 13.2 Å². The van der Waals surface area contributed by atoms with Gasteiger partial charge in [-0.15, -0.1) is 0 Å². The molecule has 0 spiro atoms. The van der Waals surface area contributed by atoms with Crippen molar-refractivity contribution in [2.24, 2.45) is 51.8 Å². The van der Waals surface area contributed by atoms with E-state index >= 15 is 0 Å². The molecule has 10 N–H and O–H groups in total. The zero-order valence-electron chi connectivity index (χ0n) is 34.6. The van der Waals surface area contributed by atoms with E-state index in [1.165, 1.54) is 11.1 Å². The van der Waals surface area contributed by atoms with Gasteiger partial charge in [-0.1, -0.05) is 52.7 Å². The minimum Gasteiger partial charge on any atom is -0.481 e. The monoisotopic (exact) mass is 814 g/mol. The summed E-state index contributed by atoms with van der Waals surface area (Å²) < 4.78 is 23.2. The van der Waals surface area contributed by atoms with E-state index in [1.807, 2.05) is 6.92 Å². The summed E-state index contributed by atoms with van der Waals surface area (Å²) in [4.78, 5) is 13.5. The third kappa shape index (κ3) is 7.56. The standard InChI is InChI=1S/C42H70O15/c1-18(2)19(3)29(44)30(45)20(4)22-9-10-23-21-8-11-27-41(6,24(21)12-14-40(22,23)5)15-13-28(42(27,7)39(52)53)57-38-36(51)34(49)32(47)26(56-38)17-54-37-35(50)33(48)31(46)25(16-43)55-37/h18-20,22-23,25-38,43-51H,8-17H2,1-7H3,(H,52,53)/t19-,20+,22-,23+,25-,26-,27-,28+,29+,30-,31-,32-,33+,34+,35-,36-,37-,38+,40-,41-,42-/m1/s1. The van der Waals surface area contributed by atoms with Crippen LogP contribution >= 0.6 is 0 Å². The van der Waals surface area contributed by atoms with Crippen molar-refractivity contribution in [3.05, 3.63) is 11.1 Å². The number of aliphatic hydroxyl groups excluding tert-OH is 9. The third-order valence-corrected chi connectivity index (χ3v) is 16.4. The number of carbonyl (C=O) groups is 1. The number of aliphatic hydroxyl groups is 9. The molecule has 6 rings (SSSR count). The van der Waals surface area contributed by atoms with E-state index in [0.29, 0.717) is 25.2 Å². The second-order valence-corrected chi connectivity index (χ2v) is 19.5. The first-order valence-corrected chi connectivity index (χ1v) is 21.2. The molecule has 2 heterocycles. The Labute approximate surface area is 336 Å². The molecular weight excluding hydrogens is 744 g/mol. The Hall–Kier alpha value is -1.31. The van der Waals surface area contributed by atoms with Crippen LogP contribution in [0, 0.1) is 51.8 Å². The molecule has 0 amide bonds. The third-order valence-electron chi connectivity index (χ3n) is 16.4. The fourth-order valence-electron chi connectivity index (χ4n) is 12.3. The maximum atomic E-state index is 13.5. The molecule has 2 saturated carbocycles. The molecule has 21 atom stereocenters. The predicted molar refractivity (Wildman–Crippen MR) is 203 cm³/mol. The molecule has 0 bridgehead atoms. The van der Waals surface area contributed by atoms with Crippen LogP contribution in [0.25, 0.3) is 0 Å². The van der Waals surface area contributed by atoms with Gasteiger partial charge >= 0.3 is 5.97 Å². The minimum absolute atomic E-state index is 0.0314. The summed E-state index contributed by atoms with van der Waals surface area (Å²) >= 11 is 0. The molecule has 2 saturated heterocycles. The highest BCUT2D eigenvalue weighted by atomic mass is 16.7. The van der Waals surface area contributed by atoms with E-state index < -0.39 is 110 Å². The molecule has 2 aliphatic heterocycles. The molecule has 0 aromatic heterocycles. The van der Waals surface area contributed by atoms with Crippen molar-refractivity contribution in [1.82, 2.24) is 0 Å². The van der Waals surface area contributed by atoms with Gasteiger partial charge in [0.15, 0.2) is 12.6 Å². The quantitative estimate of drug-likeness (QED) is 0.124. The predicted octanol–water partition coefficient (Wildman–Crippen LogP) is 1.07. The van der Waals surface area contributed by atoms with E-state index in [9.17, 15) is 55.9 Å². The average molecular weight is 815 g/mol. The minimum atomic E-state index is -1.77. The number of hydrogen-bond acceptors (Lipinski definition) is 14. The van der Waals surface area contributed by atoms with Gasteiger partial charge in [-0.3, -0.25) is 4.79 Å². The van der Waals surface area contributed by atoms with Crippen LogP contribution in [0.2, 0.25) is 0 Å². The highest BCUT2D eigenvalue weighted by Gasteiger charge is 2.64. The Kier molecular flexibility index (Phi) is 13.4. The van der Waals surface area contributed by atoms with E-state index in [0.717, 1.165) is 32.1 Å². The van der Waals surface area contributed by atoms with Crippen molar-refractivity contribution < 1.29 is 74.8 Å². The lowest BCUT2D eigenvalue weighted by Crippen LogP contribution is -2.64. The first-order valence-electron chi connectivity index (χ1n) is 21.2. The first-order chi connectivity index (χ1) is 26.6. The SMILES string of the molecule is CC(C)[C@@H](C)[C@H](O)[C@H](O)[C@@H](C)[C@H]1CC[C@H]2C3=C(CC[C@]12C)[C@@]1(C)CC[C@H](O[C@@H]2O[C@H](CO[C@@H]4O[C@H](CO)[C@@H](O)[C@H](O)[C@H]4O)[C@@H](O)[C@H](O)[C@H]2O)[C@](C)(C(=O)O)[C@@H]1CC3. The molecule has 0 unspecified atom stereocenters. The smallest absolute Gasteiger partial charge is 0.312 e. The van der Waals surface area contributed by atoms with E-state index in [2.05, 4.69) is 34.6 Å². The molecule has 328 valence electrons. The molecule has 0 aromatic rings. The van der Waals surface area contributed by atoms with Gasteiger partial charge in [0.2, 0.25) is 0 Å². The molecule has 15 nitrogen and oxygen atoms in total. The number of carboxylic acid groups (broad SMARTS) is 1. The molecular formula is C42H70O15. The van der Waals surface area contributed by atoms with Gasteiger partial charge in [-0.25, -0.2) is 0 Å². The highest BCUT2D eigenvalue weighted by molar-refractivity contribution is 5.76. The van der Waals surface area contributed by atoms with Crippen LogP contribution in [0.4, 0.5) is 0 Å². The van der Waals surface area contributed by atoms with Crippen LogP contribution in [-0.2, 0) is 23.7 Å². The number of carboxylic acids is 1. The van der Waals surface area contributed by atoms with Crippen molar-refractivity contribution in [2.45, 2.75) is 180 Å². The lowest BCUT2D eigenvalue weighted by molar-refractivity contribution is -0.342. The second-order valence-electron chi connectivity index (χ2n) is 19.5. The maximum Gasteiger partial charge on any atom is 0.312 e. The number of ether oxygens (including phenoxy) is 4. The van der Waals surface area contributed by atoms with E-state index in [-0.39, 0.29) is 35.0 Å². The van der Waals surface area contributed by atoms with Gasteiger partial charge in [0.05, 0.1) is 36.9 Å². The number of hydrogen-bond donors (Lipinski definition) is 10. The molecule has 4 aliphatic carbocycles. The van der Waals surface area contributed by atoms with Gasteiger partial charge in [0, 0.05) is 0 Å². The van der Waals surface area contributed by atoms with Crippen LogP contribution in [-0.4, -0.2) is 150 Å². The molecule has 4 fully saturated rings. The van der Waals surface area contributed by atoms with E-state index in [4.69, 9.17) is 18.9 Å². The largest absolute Gasteiger partial charge is 0.481 e. The summed E-state index contributed by atoms with van der Waals surface area (Å²) in [6.45, 7) is 13.2. The number of rotatable bonds is 12. The molecule has 6 aliphatic rings. The highest BCUT2D eigenvalue weighted by Crippen LogP contribution is 2.68. The summed E-state index contributed by atoms with van der Waals surface area (Å²) in [5, 5.41) is 106. The fourth-order valence-corrected chi connectivity index (χ4v) is 12.3. The lowest BCUT2D eigenvalue weighted by atomic mass is 9.45.